The summed E-state index contributed by atoms with van der Waals surface area (Å²) in [6.45, 7) is 5.09. The van der Waals surface area contributed by atoms with Gasteiger partial charge in [-0.25, -0.2) is 4.79 Å². The zero-order valence-electron chi connectivity index (χ0n) is 9.51. The monoisotopic (exact) mass is 231 g/mol. The lowest BCUT2D eigenvalue weighted by Crippen LogP contribution is -2.46. The third-order valence-corrected chi connectivity index (χ3v) is 2.43. The predicted octanol–water partition coefficient (Wildman–Crippen LogP) is -0.277. The molecule has 92 valence electrons. The summed E-state index contributed by atoms with van der Waals surface area (Å²) in [7, 11) is 0. The van der Waals surface area contributed by atoms with E-state index in [-0.39, 0.29) is 5.91 Å². The van der Waals surface area contributed by atoms with E-state index >= 15 is 0 Å². The van der Waals surface area contributed by atoms with Crippen molar-refractivity contribution in [1.82, 2.24) is 4.90 Å². The van der Waals surface area contributed by atoms with Crippen molar-refractivity contribution in [3.8, 4) is 0 Å². The smallest absolute Gasteiger partial charge is 0.332 e. The van der Waals surface area contributed by atoms with Crippen molar-refractivity contribution in [2.24, 2.45) is 0 Å². The van der Waals surface area contributed by atoms with Crippen LogP contribution in [0.2, 0.25) is 0 Å². The van der Waals surface area contributed by atoms with E-state index < -0.39 is 18.2 Å². The number of carboxylic acids is 1. The number of rotatable bonds is 4. The van der Waals surface area contributed by atoms with Gasteiger partial charge in [-0.15, -0.1) is 0 Å². The Morgan fingerprint density at radius 1 is 1.25 bits per heavy atom. The molecule has 0 bridgehead atoms. The molecule has 0 aromatic heterocycles. The van der Waals surface area contributed by atoms with Gasteiger partial charge in [-0.1, -0.05) is 0 Å². The normalized spacial score (nSPS) is 20.2. The summed E-state index contributed by atoms with van der Waals surface area (Å²) in [5, 5.41) is 8.65. The molecule has 0 aliphatic carbocycles. The van der Waals surface area contributed by atoms with Gasteiger partial charge in [0.25, 0.3) is 5.91 Å². The number of carboxylic acid groups (broad SMARTS) is 1. The van der Waals surface area contributed by atoms with E-state index in [0.29, 0.717) is 26.3 Å². The molecule has 6 heteroatoms. The fourth-order valence-electron chi connectivity index (χ4n) is 1.46. The van der Waals surface area contributed by atoms with E-state index in [1.807, 2.05) is 0 Å². The Balaban J connectivity index is 2.43. The van der Waals surface area contributed by atoms with E-state index in [4.69, 9.17) is 14.6 Å². The van der Waals surface area contributed by atoms with Crippen LogP contribution in [0, 0.1) is 0 Å². The van der Waals surface area contributed by atoms with Crippen LogP contribution in [0.1, 0.15) is 13.8 Å². The minimum absolute atomic E-state index is 0.184. The second kappa shape index (κ2) is 5.81. The van der Waals surface area contributed by atoms with Crippen LogP contribution < -0.4 is 0 Å². The maximum Gasteiger partial charge on any atom is 0.332 e. The van der Waals surface area contributed by atoms with E-state index in [0.717, 1.165) is 0 Å². The van der Waals surface area contributed by atoms with Crippen LogP contribution in [-0.4, -0.2) is 60.4 Å². The molecule has 0 aromatic carbocycles. The Morgan fingerprint density at radius 3 is 2.31 bits per heavy atom. The molecule has 1 fully saturated rings. The van der Waals surface area contributed by atoms with Crippen molar-refractivity contribution in [2.45, 2.75) is 26.1 Å². The summed E-state index contributed by atoms with van der Waals surface area (Å²) in [6.07, 6.45) is -1.70. The quantitative estimate of drug-likeness (QED) is 0.720. The zero-order chi connectivity index (χ0) is 12.1. The van der Waals surface area contributed by atoms with E-state index in [2.05, 4.69) is 0 Å². The third kappa shape index (κ3) is 3.46. The molecule has 0 radical (unpaired) electrons. The Hall–Kier alpha value is -1.14. The summed E-state index contributed by atoms with van der Waals surface area (Å²) in [5.74, 6) is -1.25. The molecule has 1 aliphatic heterocycles. The molecule has 1 rings (SSSR count). The van der Waals surface area contributed by atoms with Crippen molar-refractivity contribution in [1.29, 1.82) is 0 Å². The summed E-state index contributed by atoms with van der Waals surface area (Å²) in [6, 6.07) is 0. The molecule has 1 amide bonds. The predicted molar refractivity (Wildman–Crippen MR) is 55.0 cm³/mol. The molecule has 1 N–H and O–H groups in total. The van der Waals surface area contributed by atoms with E-state index in [9.17, 15) is 9.59 Å². The lowest BCUT2D eigenvalue weighted by molar-refractivity contribution is -0.161. The van der Waals surface area contributed by atoms with Crippen molar-refractivity contribution in [3.63, 3.8) is 0 Å². The maximum absolute atomic E-state index is 11.8. The molecule has 2 atom stereocenters. The first-order valence-corrected chi connectivity index (χ1v) is 5.27. The SMILES string of the molecule is CC(O[C@@H](C)C(=O)O)C(=O)N1CCOCC1. The van der Waals surface area contributed by atoms with Gasteiger partial charge >= 0.3 is 5.97 Å². The highest BCUT2D eigenvalue weighted by molar-refractivity contribution is 5.81. The highest BCUT2D eigenvalue weighted by Crippen LogP contribution is 2.05. The van der Waals surface area contributed by atoms with Crippen molar-refractivity contribution in [2.75, 3.05) is 26.3 Å². The van der Waals surface area contributed by atoms with Gasteiger partial charge in [0, 0.05) is 13.1 Å². The minimum atomic E-state index is -1.07. The highest BCUT2D eigenvalue weighted by atomic mass is 16.5. The molecule has 1 unspecified atom stereocenters. The van der Waals surface area contributed by atoms with Crippen molar-refractivity contribution < 1.29 is 24.2 Å². The average molecular weight is 231 g/mol. The van der Waals surface area contributed by atoms with E-state index in [1.165, 1.54) is 6.92 Å². The zero-order valence-corrected chi connectivity index (χ0v) is 9.51. The third-order valence-electron chi connectivity index (χ3n) is 2.43. The molecule has 0 spiro atoms. The molecule has 6 nitrogen and oxygen atoms in total. The second-order valence-electron chi connectivity index (χ2n) is 3.70. The first-order valence-electron chi connectivity index (χ1n) is 5.27. The largest absolute Gasteiger partial charge is 0.479 e. The molecule has 0 saturated carbocycles. The lowest BCUT2D eigenvalue weighted by Gasteiger charge is -2.29. The van der Waals surface area contributed by atoms with Crippen LogP contribution in [0.25, 0.3) is 0 Å². The van der Waals surface area contributed by atoms with Gasteiger partial charge < -0.3 is 19.5 Å². The molecular weight excluding hydrogens is 214 g/mol. The first kappa shape index (κ1) is 12.9. The van der Waals surface area contributed by atoms with Gasteiger partial charge in [-0.2, -0.15) is 0 Å². The number of ether oxygens (including phenoxy) is 2. The van der Waals surface area contributed by atoms with E-state index in [1.54, 1.807) is 11.8 Å². The number of hydrogen-bond donors (Lipinski definition) is 1. The molecule has 1 aliphatic rings. The van der Waals surface area contributed by atoms with Gasteiger partial charge in [0.15, 0.2) is 6.10 Å². The van der Waals surface area contributed by atoms with Crippen LogP contribution in [0.3, 0.4) is 0 Å². The van der Waals surface area contributed by atoms with Crippen LogP contribution in [0.4, 0.5) is 0 Å². The molecule has 0 aromatic rings. The molecule has 1 saturated heterocycles. The Kier molecular flexibility index (Phi) is 4.70. The second-order valence-corrected chi connectivity index (χ2v) is 3.70. The number of aliphatic carboxylic acids is 1. The van der Waals surface area contributed by atoms with Crippen molar-refractivity contribution in [3.05, 3.63) is 0 Å². The first-order chi connectivity index (χ1) is 7.52. The van der Waals surface area contributed by atoms with Crippen LogP contribution >= 0.6 is 0 Å². The number of amides is 1. The number of carbonyl (C=O) groups excluding carboxylic acids is 1. The summed E-state index contributed by atoms with van der Waals surface area (Å²) in [5.41, 5.74) is 0. The molecule has 16 heavy (non-hydrogen) atoms. The Morgan fingerprint density at radius 2 is 1.81 bits per heavy atom. The van der Waals surface area contributed by atoms with Gasteiger partial charge in [-0.3, -0.25) is 4.79 Å². The average Bonchev–Trinajstić information content (AvgIpc) is 2.28. The standard InChI is InChI=1S/C10H17NO5/c1-7(16-8(2)10(13)14)9(12)11-3-5-15-6-4-11/h7-8H,3-6H2,1-2H3,(H,13,14)/t7?,8-/m0/s1. The summed E-state index contributed by atoms with van der Waals surface area (Å²) in [4.78, 5) is 24.0. The fourth-order valence-corrected chi connectivity index (χ4v) is 1.46. The van der Waals surface area contributed by atoms with Gasteiger partial charge in [-0.05, 0) is 13.8 Å². The number of nitrogens with zero attached hydrogens (tertiary/aromatic N) is 1. The Bertz CT molecular complexity index is 262. The van der Waals surface area contributed by atoms with Crippen molar-refractivity contribution >= 4 is 11.9 Å². The van der Waals surface area contributed by atoms with Gasteiger partial charge in [0.1, 0.15) is 6.10 Å². The maximum atomic E-state index is 11.8. The van der Waals surface area contributed by atoms with Crippen LogP contribution in [-0.2, 0) is 19.1 Å². The van der Waals surface area contributed by atoms with Crippen LogP contribution in [0.15, 0.2) is 0 Å². The minimum Gasteiger partial charge on any atom is -0.479 e. The molecule has 1 heterocycles. The lowest BCUT2D eigenvalue weighted by atomic mass is 10.3. The van der Waals surface area contributed by atoms with Gasteiger partial charge in [0.05, 0.1) is 13.2 Å². The number of carbonyl (C=O) groups is 2. The van der Waals surface area contributed by atoms with Gasteiger partial charge in [0.2, 0.25) is 0 Å². The number of morpholine rings is 1. The fraction of sp³-hybridized carbons (Fsp3) is 0.800. The summed E-state index contributed by atoms with van der Waals surface area (Å²) >= 11 is 0. The molecular formula is C10H17NO5. The number of hydrogen-bond acceptors (Lipinski definition) is 4. The van der Waals surface area contributed by atoms with Crippen LogP contribution in [0.5, 0.6) is 0 Å². The highest BCUT2D eigenvalue weighted by Gasteiger charge is 2.26. The Labute approximate surface area is 94.1 Å². The summed E-state index contributed by atoms with van der Waals surface area (Å²) < 4.78 is 10.2. The topological polar surface area (TPSA) is 76.1 Å².